The van der Waals surface area contributed by atoms with E-state index in [1.807, 2.05) is 26.1 Å². The Labute approximate surface area is 111 Å². The maximum absolute atomic E-state index is 5.85. The van der Waals surface area contributed by atoms with Gasteiger partial charge < -0.3 is 10.5 Å². The SMILES string of the molecule is Cc1nn(C)c(Oc2ccc(Cl)cc2)c1CCN. The number of nitrogens with two attached hydrogens (primary N) is 1. The number of aryl methyl sites for hydroxylation is 2. The zero-order valence-corrected chi connectivity index (χ0v) is 11.2. The van der Waals surface area contributed by atoms with Gasteiger partial charge in [-0.15, -0.1) is 0 Å². The second-order valence-electron chi connectivity index (χ2n) is 4.09. The highest BCUT2D eigenvalue weighted by Gasteiger charge is 2.14. The van der Waals surface area contributed by atoms with Gasteiger partial charge in [0.1, 0.15) is 5.75 Å². The quantitative estimate of drug-likeness (QED) is 0.925. The van der Waals surface area contributed by atoms with Crippen LogP contribution in [-0.2, 0) is 13.5 Å². The monoisotopic (exact) mass is 265 g/mol. The van der Waals surface area contributed by atoms with E-state index in [9.17, 15) is 0 Å². The van der Waals surface area contributed by atoms with Crippen LogP contribution in [0.25, 0.3) is 0 Å². The van der Waals surface area contributed by atoms with Crippen LogP contribution in [0, 0.1) is 6.92 Å². The molecule has 0 aliphatic rings. The van der Waals surface area contributed by atoms with E-state index in [2.05, 4.69) is 5.10 Å². The van der Waals surface area contributed by atoms with Gasteiger partial charge in [-0.3, -0.25) is 0 Å². The number of nitrogens with zero attached hydrogens (tertiary/aromatic N) is 2. The summed E-state index contributed by atoms with van der Waals surface area (Å²) in [6, 6.07) is 7.25. The van der Waals surface area contributed by atoms with E-state index in [0.29, 0.717) is 11.6 Å². The molecule has 0 saturated carbocycles. The van der Waals surface area contributed by atoms with Gasteiger partial charge in [-0.2, -0.15) is 5.10 Å². The zero-order chi connectivity index (χ0) is 13.1. The lowest BCUT2D eigenvalue weighted by Gasteiger charge is -2.08. The molecule has 0 fully saturated rings. The maximum Gasteiger partial charge on any atom is 0.221 e. The molecule has 0 atom stereocenters. The molecule has 0 aliphatic heterocycles. The smallest absolute Gasteiger partial charge is 0.221 e. The molecule has 2 rings (SSSR count). The van der Waals surface area contributed by atoms with Crippen LogP contribution in [0.5, 0.6) is 11.6 Å². The fourth-order valence-corrected chi connectivity index (χ4v) is 1.98. The van der Waals surface area contributed by atoms with Crippen LogP contribution in [-0.4, -0.2) is 16.3 Å². The van der Waals surface area contributed by atoms with Crippen LogP contribution in [0.15, 0.2) is 24.3 Å². The Morgan fingerprint density at radius 2 is 2.00 bits per heavy atom. The minimum atomic E-state index is 0.573. The Balaban J connectivity index is 2.30. The van der Waals surface area contributed by atoms with E-state index in [1.54, 1.807) is 16.8 Å². The number of hydrogen-bond donors (Lipinski definition) is 1. The summed E-state index contributed by atoms with van der Waals surface area (Å²) in [5.41, 5.74) is 7.61. The van der Waals surface area contributed by atoms with Crippen molar-refractivity contribution in [3.63, 3.8) is 0 Å². The first kappa shape index (κ1) is 12.9. The Kier molecular flexibility index (Phi) is 3.89. The normalized spacial score (nSPS) is 10.7. The number of ether oxygens (including phenoxy) is 1. The van der Waals surface area contributed by atoms with Gasteiger partial charge in [0.15, 0.2) is 0 Å². The van der Waals surface area contributed by atoms with Gasteiger partial charge in [0.25, 0.3) is 0 Å². The summed E-state index contributed by atoms with van der Waals surface area (Å²) in [4.78, 5) is 0. The van der Waals surface area contributed by atoms with Crippen molar-refractivity contribution in [1.82, 2.24) is 9.78 Å². The van der Waals surface area contributed by atoms with Gasteiger partial charge in [0, 0.05) is 17.6 Å². The third-order valence-electron chi connectivity index (χ3n) is 2.71. The molecular formula is C13H16ClN3O. The predicted octanol–water partition coefficient (Wildman–Crippen LogP) is 2.68. The fraction of sp³-hybridized carbons (Fsp3) is 0.308. The molecule has 5 heteroatoms. The van der Waals surface area contributed by atoms with Crippen molar-refractivity contribution >= 4 is 11.6 Å². The summed E-state index contributed by atoms with van der Waals surface area (Å²) in [7, 11) is 1.86. The van der Waals surface area contributed by atoms with E-state index in [0.717, 1.165) is 29.3 Å². The number of hydrogen-bond acceptors (Lipinski definition) is 3. The summed E-state index contributed by atoms with van der Waals surface area (Å²) in [6.45, 7) is 2.53. The summed E-state index contributed by atoms with van der Waals surface area (Å²) in [6.07, 6.45) is 0.753. The highest BCUT2D eigenvalue weighted by molar-refractivity contribution is 6.30. The molecule has 0 bridgehead atoms. The van der Waals surface area contributed by atoms with E-state index >= 15 is 0 Å². The summed E-state index contributed by atoms with van der Waals surface area (Å²) in [5.74, 6) is 1.47. The van der Waals surface area contributed by atoms with Gasteiger partial charge in [0.05, 0.1) is 5.69 Å². The molecule has 0 saturated heterocycles. The summed E-state index contributed by atoms with van der Waals surface area (Å²) >= 11 is 5.84. The zero-order valence-electron chi connectivity index (χ0n) is 10.5. The molecule has 1 aromatic carbocycles. The average Bonchev–Trinajstić information content (AvgIpc) is 2.59. The van der Waals surface area contributed by atoms with Crippen molar-refractivity contribution < 1.29 is 4.74 Å². The molecular weight excluding hydrogens is 250 g/mol. The fourth-order valence-electron chi connectivity index (χ4n) is 1.85. The second kappa shape index (κ2) is 5.42. The molecule has 0 radical (unpaired) electrons. The number of aromatic nitrogens is 2. The van der Waals surface area contributed by atoms with Gasteiger partial charge in [-0.05, 0) is 44.2 Å². The Hall–Kier alpha value is -1.52. The van der Waals surface area contributed by atoms with Crippen LogP contribution in [0.3, 0.4) is 0 Å². The van der Waals surface area contributed by atoms with E-state index in [-0.39, 0.29) is 0 Å². The molecule has 4 nitrogen and oxygen atoms in total. The molecule has 2 aromatic rings. The molecule has 0 spiro atoms. The number of rotatable bonds is 4. The summed E-state index contributed by atoms with van der Waals surface area (Å²) in [5, 5.41) is 5.04. The Morgan fingerprint density at radius 3 is 2.61 bits per heavy atom. The van der Waals surface area contributed by atoms with Gasteiger partial charge in [0.2, 0.25) is 5.88 Å². The lowest BCUT2D eigenvalue weighted by atomic mass is 10.2. The second-order valence-corrected chi connectivity index (χ2v) is 4.52. The van der Waals surface area contributed by atoms with Crippen molar-refractivity contribution in [3.05, 3.63) is 40.5 Å². The van der Waals surface area contributed by atoms with E-state index in [1.165, 1.54) is 0 Å². The van der Waals surface area contributed by atoms with Gasteiger partial charge in [-0.25, -0.2) is 4.68 Å². The standard InChI is InChI=1S/C13H16ClN3O/c1-9-12(7-8-15)13(17(2)16-9)18-11-5-3-10(14)4-6-11/h3-6H,7-8,15H2,1-2H3. The number of halogens is 1. The molecule has 0 amide bonds. The highest BCUT2D eigenvalue weighted by Crippen LogP contribution is 2.28. The molecule has 0 unspecified atom stereocenters. The number of benzene rings is 1. The van der Waals surface area contributed by atoms with E-state index in [4.69, 9.17) is 22.1 Å². The van der Waals surface area contributed by atoms with Crippen molar-refractivity contribution in [2.75, 3.05) is 6.54 Å². The van der Waals surface area contributed by atoms with Crippen molar-refractivity contribution in [3.8, 4) is 11.6 Å². The van der Waals surface area contributed by atoms with Crippen LogP contribution in [0.1, 0.15) is 11.3 Å². The van der Waals surface area contributed by atoms with Crippen LogP contribution < -0.4 is 10.5 Å². The van der Waals surface area contributed by atoms with Gasteiger partial charge in [-0.1, -0.05) is 11.6 Å². The third kappa shape index (κ3) is 2.66. The topological polar surface area (TPSA) is 53.1 Å². The van der Waals surface area contributed by atoms with Crippen molar-refractivity contribution in [2.24, 2.45) is 12.8 Å². The lowest BCUT2D eigenvalue weighted by Crippen LogP contribution is -2.04. The van der Waals surface area contributed by atoms with Crippen LogP contribution >= 0.6 is 11.6 Å². The summed E-state index contributed by atoms with van der Waals surface area (Å²) < 4.78 is 7.59. The lowest BCUT2D eigenvalue weighted by molar-refractivity contribution is 0.426. The molecule has 18 heavy (non-hydrogen) atoms. The predicted molar refractivity (Wildman–Crippen MR) is 72.2 cm³/mol. The largest absolute Gasteiger partial charge is 0.439 e. The molecule has 1 aromatic heterocycles. The Morgan fingerprint density at radius 1 is 1.33 bits per heavy atom. The van der Waals surface area contributed by atoms with Crippen LogP contribution in [0.4, 0.5) is 0 Å². The minimum Gasteiger partial charge on any atom is -0.439 e. The Bertz CT molecular complexity index is 534. The first-order valence-corrected chi connectivity index (χ1v) is 6.15. The molecule has 0 aliphatic carbocycles. The van der Waals surface area contributed by atoms with Gasteiger partial charge >= 0.3 is 0 Å². The third-order valence-corrected chi connectivity index (χ3v) is 2.96. The molecule has 2 N–H and O–H groups in total. The molecule has 1 heterocycles. The van der Waals surface area contributed by atoms with Crippen LogP contribution in [0.2, 0.25) is 5.02 Å². The van der Waals surface area contributed by atoms with Crippen molar-refractivity contribution in [1.29, 1.82) is 0 Å². The van der Waals surface area contributed by atoms with Crippen molar-refractivity contribution in [2.45, 2.75) is 13.3 Å². The first-order chi connectivity index (χ1) is 8.61. The maximum atomic E-state index is 5.85. The minimum absolute atomic E-state index is 0.573. The average molecular weight is 266 g/mol. The highest BCUT2D eigenvalue weighted by atomic mass is 35.5. The first-order valence-electron chi connectivity index (χ1n) is 5.77. The van der Waals surface area contributed by atoms with E-state index < -0.39 is 0 Å². The molecule has 96 valence electrons.